The van der Waals surface area contributed by atoms with E-state index in [-0.39, 0.29) is 24.0 Å². The van der Waals surface area contributed by atoms with E-state index < -0.39 is 0 Å². The molecule has 0 unspecified atom stereocenters. The fourth-order valence-corrected chi connectivity index (χ4v) is 3.10. The normalized spacial score (nSPS) is 11.0. The van der Waals surface area contributed by atoms with Crippen molar-refractivity contribution in [2.75, 3.05) is 13.1 Å². The van der Waals surface area contributed by atoms with Crippen LogP contribution in [0.25, 0.3) is 0 Å². The first-order valence-corrected chi connectivity index (χ1v) is 9.04. The quantitative estimate of drug-likeness (QED) is 0.285. The van der Waals surface area contributed by atoms with Crippen molar-refractivity contribution in [2.45, 2.75) is 40.2 Å². The molecular weight excluding hydrogens is 431 g/mol. The number of hydrogen-bond donors (Lipinski definition) is 2. The second-order valence-electron chi connectivity index (χ2n) is 5.60. The van der Waals surface area contributed by atoms with Gasteiger partial charge in [0.15, 0.2) is 5.96 Å². The van der Waals surface area contributed by atoms with E-state index in [0.717, 1.165) is 37.6 Å². The van der Waals surface area contributed by atoms with Crippen LogP contribution >= 0.6 is 35.3 Å². The van der Waals surface area contributed by atoms with Crippen LogP contribution < -0.4 is 10.6 Å². The minimum absolute atomic E-state index is 0. The predicted octanol–water partition coefficient (Wildman–Crippen LogP) is 4.07. The largest absolute Gasteiger partial charge is 0.357 e. The van der Waals surface area contributed by atoms with Gasteiger partial charge >= 0.3 is 0 Å². The van der Waals surface area contributed by atoms with E-state index in [1.165, 1.54) is 16.1 Å². The summed E-state index contributed by atoms with van der Waals surface area (Å²) in [4.78, 5) is 9.15. The Labute approximate surface area is 166 Å². The lowest BCUT2D eigenvalue weighted by Crippen LogP contribution is -2.37. The highest BCUT2D eigenvalue weighted by Crippen LogP contribution is 2.10. The summed E-state index contributed by atoms with van der Waals surface area (Å²) in [7, 11) is 0. The Morgan fingerprint density at radius 2 is 2.08 bits per heavy atom. The summed E-state index contributed by atoms with van der Waals surface area (Å²) in [5.74, 6) is 0.879. The van der Waals surface area contributed by atoms with E-state index >= 15 is 0 Å². The van der Waals surface area contributed by atoms with E-state index in [1.807, 2.05) is 6.92 Å². The molecule has 0 amide bonds. The molecule has 2 rings (SSSR count). The summed E-state index contributed by atoms with van der Waals surface area (Å²) in [6.07, 6.45) is 2.07. The van der Waals surface area contributed by atoms with Crippen molar-refractivity contribution in [1.82, 2.24) is 15.6 Å². The predicted molar refractivity (Wildman–Crippen MR) is 115 cm³/mol. The van der Waals surface area contributed by atoms with Gasteiger partial charge in [-0.1, -0.05) is 29.8 Å². The lowest BCUT2D eigenvalue weighted by atomic mass is 10.1. The highest BCUT2D eigenvalue weighted by molar-refractivity contribution is 14.0. The summed E-state index contributed by atoms with van der Waals surface area (Å²) >= 11 is 1.74. The summed E-state index contributed by atoms with van der Waals surface area (Å²) in [6.45, 7) is 8.70. The van der Waals surface area contributed by atoms with E-state index in [1.54, 1.807) is 11.3 Å². The highest BCUT2D eigenvalue weighted by atomic mass is 127. The van der Waals surface area contributed by atoms with Crippen molar-refractivity contribution in [3.8, 4) is 0 Å². The van der Waals surface area contributed by atoms with Crippen LogP contribution in [0, 0.1) is 13.8 Å². The number of guanidine groups is 1. The van der Waals surface area contributed by atoms with Gasteiger partial charge in [0.05, 0.1) is 11.6 Å². The van der Waals surface area contributed by atoms with Gasteiger partial charge in [0.25, 0.3) is 0 Å². The smallest absolute Gasteiger partial charge is 0.191 e. The topological polar surface area (TPSA) is 49.3 Å². The first kappa shape index (κ1) is 20.9. The van der Waals surface area contributed by atoms with Gasteiger partial charge in [0, 0.05) is 30.6 Å². The van der Waals surface area contributed by atoms with E-state index in [0.29, 0.717) is 6.54 Å². The van der Waals surface area contributed by atoms with Gasteiger partial charge in [0.2, 0.25) is 0 Å². The van der Waals surface area contributed by atoms with Gasteiger partial charge in [-0.05, 0) is 32.8 Å². The molecule has 0 radical (unpaired) electrons. The zero-order valence-corrected chi connectivity index (χ0v) is 17.8. The molecule has 2 aromatic rings. The molecule has 132 valence electrons. The van der Waals surface area contributed by atoms with Crippen LogP contribution in [0.5, 0.6) is 0 Å². The van der Waals surface area contributed by atoms with Crippen molar-refractivity contribution in [2.24, 2.45) is 4.99 Å². The maximum Gasteiger partial charge on any atom is 0.191 e. The van der Waals surface area contributed by atoms with Gasteiger partial charge in [0.1, 0.15) is 0 Å². The Morgan fingerprint density at radius 3 is 2.75 bits per heavy atom. The van der Waals surface area contributed by atoms with Crippen LogP contribution in [-0.2, 0) is 13.0 Å². The molecule has 1 aromatic carbocycles. The summed E-state index contributed by atoms with van der Waals surface area (Å²) < 4.78 is 0. The number of aliphatic imine (C=N–C) groups is 1. The van der Waals surface area contributed by atoms with Crippen molar-refractivity contribution in [3.05, 3.63) is 51.5 Å². The van der Waals surface area contributed by atoms with Gasteiger partial charge in [-0.2, -0.15) is 0 Å². The van der Waals surface area contributed by atoms with Crippen LogP contribution in [0.4, 0.5) is 0 Å². The molecule has 24 heavy (non-hydrogen) atoms. The summed E-state index contributed by atoms with van der Waals surface area (Å²) in [5, 5.41) is 10.0. The molecule has 0 spiro atoms. The van der Waals surface area contributed by atoms with Crippen molar-refractivity contribution >= 4 is 41.3 Å². The summed E-state index contributed by atoms with van der Waals surface area (Å²) in [6, 6.07) is 8.48. The Hall–Kier alpha value is -1.15. The third-order valence-corrected chi connectivity index (χ3v) is 4.40. The molecule has 0 aliphatic carbocycles. The summed E-state index contributed by atoms with van der Waals surface area (Å²) in [5.41, 5.74) is 3.63. The number of benzene rings is 1. The SMILES string of the molecule is CCNC(=NCc1cccc(C)c1)NCCCc1nc(C)cs1.I. The monoisotopic (exact) mass is 458 g/mol. The second kappa shape index (κ2) is 11.4. The third-order valence-electron chi connectivity index (χ3n) is 3.37. The van der Waals surface area contributed by atoms with Crippen molar-refractivity contribution in [3.63, 3.8) is 0 Å². The lowest BCUT2D eigenvalue weighted by Gasteiger charge is -2.11. The van der Waals surface area contributed by atoms with Gasteiger partial charge in [-0.25, -0.2) is 9.98 Å². The molecule has 1 heterocycles. The van der Waals surface area contributed by atoms with E-state index in [4.69, 9.17) is 0 Å². The Bertz CT molecular complexity index is 639. The van der Waals surface area contributed by atoms with Crippen LogP contribution in [0.3, 0.4) is 0 Å². The molecule has 1 aromatic heterocycles. The van der Waals surface area contributed by atoms with Crippen molar-refractivity contribution < 1.29 is 0 Å². The molecule has 0 aliphatic heterocycles. The third kappa shape index (κ3) is 7.61. The maximum atomic E-state index is 4.65. The average molecular weight is 458 g/mol. The van der Waals surface area contributed by atoms with Crippen LogP contribution in [0.2, 0.25) is 0 Å². The van der Waals surface area contributed by atoms with E-state index in [9.17, 15) is 0 Å². The molecule has 2 N–H and O–H groups in total. The number of halogens is 1. The maximum absolute atomic E-state index is 4.65. The first-order valence-electron chi connectivity index (χ1n) is 8.16. The van der Waals surface area contributed by atoms with Crippen LogP contribution in [0.15, 0.2) is 34.6 Å². The molecular formula is C18H27IN4S. The minimum Gasteiger partial charge on any atom is -0.357 e. The molecule has 0 aliphatic rings. The second-order valence-corrected chi connectivity index (χ2v) is 6.54. The number of rotatable bonds is 7. The number of hydrogen-bond acceptors (Lipinski definition) is 3. The molecule has 0 atom stereocenters. The first-order chi connectivity index (χ1) is 11.2. The fraction of sp³-hybridized carbons (Fsp3) is 0.444. The van der Waals surface area contributed by atoms with Crippen LogP contribution in [-0.4, -0.2) is 24.0 Å². The van der Waals surface area contributed by atoms with Crippen LogP contribution in [0.1, 0.15) is 35.2 Å². The zero-order chi connectivity index (χ0) is 16.5. The lowest BCUT2D eigenvalue weighted by molar-refractivity contribution is 0.740. The number of aryl methyl sites for hydroxylation is 3. The fourth-order valence-electron chi connectivity index (χ4n) is 2.29. The molecule has 4 nitrogen and oxygen atoms in total. The molecule has 6 heteroatoms. The number of aromatic nitrogens is 1. The average Bonchev–Trinajstić information content (AvgIpc) is 2.94. The Kier molecular flexibility index (Phi) is 9.94. The number of thiazole rings is 1. The molecule has 0 saturated carbocycles. The van der Waals surface area contributed by atoms with Gasteiger partial charge in [-0.3, -0.25) is 0 Å². The zero-order valence-electron chi connectivity index (χ0n) is 14.6. The van der Waals surface area contributed by atoms with Crippen molar-refractivity contribution in [1.29, 1.82) is 0 Å². The molecule has 0 saturated heterocycles. The number of nitrogens with one attached hydrogen (secondary N) is 2. The van der Waals surface area contributed by atoms with Gasteiger partial charge < -0.3 is 10.6 Å². The highest BCUT2D eigenvalue weighted by Gasteiger charge is 2.00. The van der Waals surface area contributed by atoms with E-state index in [2.05, 4.69) is 64.1 Å². The number of nitrogens with zero attached hydrogens (tertiary/aromatic N) is 2. The Morgan fingerprint density at radius 1 is 1.25 bits per heavy atom. The molecule has 0 bridgehead atoms. The minimum atomic E-state index is 0. The molecule has 0 fully saturated rings. The Balaban J connectivity index is 0.00000288. The standard InChI is InChI=1S/C18H26N4S.HI/c1-4-19-18(21-12-16-8-5-7-14(2)11-16)20-10-6-9-17-22-15(3)13-23-17;/h5,7-8,11,13H,4,6,9-10,12H2,1-3H3,(H2,19,20,21);1H. The van der Waals surface area contributed by atoms with Gasteiger partial charge in [-0.15, -0.1) is 35.3 Å².